The van der Waals surface area contributed by atoms with Crippen molar-refractivity contribution < 1.29 is 4.79 Å². The molecule has 0 aromatic heterocycles. The lowest BCUT2D eigenvalue weighted by molar-refractivity contribution is -0.117. The molecule has 1 heterocycles. The van der Waals surface area contributed by atoms with Crippen LogP contribution in [0.1, 0.15) is 38.7 Å². The summed E-state index contributed by atoms with van der Waals surface area (Å²) in [5.41, 5.74) is 2.31. The van der Waals surface area contributed by atoms with Crippen LogP contribution in [-0.2, 0) is 11.2 Å². The van der Waals surface area contributed by atoms with Crippen molar-refractivity contribution in [1.82, 2.24) is 10.6 Å². The molecule has 0 atom stereocenters. The van der Waals surface area contributed by atoms with Crippen molar-refractivity contribution in [3.63, 3.8) is 0 Å². The Hall–Kier alpha value is -2.04. The first kappa shape index (κ1) is 18.3. The standard InChI is InChI=1S/C19H30N4O/c1-4-15(5-2)13-21-19(20-3)22-14-18(24)23-12-8-10-16-9-6-7-11-17(16)23/h6-7,9,11,15H,4-5,8,10,12-14H2,1-3H3,(H2,20,21,22). The highest BCUT2D eigenvalue weighted by atomic mass is 16.2. The van der Waals surface area contributed by atoms with Gasteiger partial charge in [-0.15, -0.1) is 0 Å². The number of guanidine groups is 1. The molecule has 1 aliphatic heterocycles. The van der Waals surface area contributed by atoms with E-state index in [1.54, 1.807) is 7.05 Å². The van der Waals surface area contributed by atoms with E-state index in [2.05, 4.69) is 35.5 Å². The first-order valence-electron chi connectivity index (χ1n) is 9.02. The van der Waals surface area contributed by atoms with Gasteiger partial charge in [-0.25, -0.2) is 0 Å². The average Bonchev–Trinajstić information content (AvgIpc) is 2.64. The number of nitrogens with one attached hydrogen (secondary N) is 2. The lowest BCUT2D eigenvalue weighted by Gasteiger charge is -2.29. The molecule has 0 unspecified atom stereocenters. The van der Waals surface area contributed by atoms with E-state index in [0.717, 1.165) is 44.5 Å². The second kappa shape index (κ2) is 9.30. The van der Waals surface area contributed by atoms with Crippen LogP contribution in [0.4, 0.5) is 5.69 Å². The zero-order valence-corrected chi connectivity index (χ0v) is 15.1. The van der Waals surface area contributed by atoms with Crippen LogP contribution in [0.3, 0.4) is 0 Å². The normalized spacial score (nSPS) is 14.5. The summed E-state index contributed by atoms with van der Waals surface area (Å²) >= 11 is 0. The van der Waals surface area contributed by atoms with Crippen molar-refractivity contribution in [2.75, 3.05) is 31.6 Å². The molecule has 1 aromatic carbocycles. The lowest BCUT2D eigenvalue weighted by Crippen LogP contribution is -2.46. The minimum Gasteiger partial charge on any atom is -0.356 e. The van der Waals surface area contributed by atoms with E-state index in [0.29, 0.717) is 11.9 Å². The van der Waals surface area contributed by atoms with Crippen molar-refractivity contribution >= 4 is 17.6 Å². The van der Waals surface area contributed by atoms with Crippen LogP contribution in [0.15, 0.2) is 29.3 Å². The number of benzene rings is 1. The SMILES string of the molecule is CCC(CC)CNC(=NC)NCC(=O)N1CCCc2ccccc21. The Morgan fingerprint density at radius 2 is 2.00 bits per heavy atom. The number of anilines is 1. The molecule has 0 saturated heterocycles. The minimum atomic E-state index is 0.0904. The van der Waals surface area contributed by atoms with Gasteiger partial charge in [-0.05, 0) is 30.4 Å². The molecule has 0 bridgehead atoms. The van der Waals surface area contributed by atoms with Gasteiger partial charge in [0.2, 0.25) is 5.91 Å². The van der Waals surface area contributed by atoms with Gasteiger partial charge < -0.3 is 15.5 Å². The Balaban J connectivity index is 1.88. The third-order valence-corrected chi connectivity index (χ3v) is 4.75. The number of carbonyl (C=O) groups excluding carboxylic acids is 1. The molecular formula is C19H30N4O. The van der Waals surface area contributed by atoms with Crippen LogP contribution >= 0.6 is 0 Å². The Bertz CT molecular complexity index is 566. The lowest BCUT2D eigenvalue weighted by atomic mass is 10.0. The van der Waals surface area contributed by atoms with Gasteiger partial charge in [-0.3, -0.25) is 9.79 Å². The highest BCUT2D eigenvalue weighted by molar-refractivity contribution is 5.98. The highest BCUT2D eigenvalue weighted by Crippen LogP contribution is 2.26. The third kappa shape index (κ3) is 4.73. The van der Waals surface area contributed by atoms with Crippen LogP contribution < -0.4 is 15.5 Å². The van der Waals surface area contributed by atoms with Crippen LogP contribution in [0, 0.1) is 5.92 Å². The van der Waals surface area contributed by atoms with Crippen molar-refractivity contribution in [2.45, 2.75) is 39.5 Å². The van der Waals surface area contributed by atoms with Gasteiger partial charge in [0.15, 0.2) is 5.96 Å². The zero-order chi connectivity index (χ0) is 17.4. The summed E-state index contributed by atoms with van der Waals surface area (Å²) in [6.45, 7) is 6.33. The van der Waals surface area contributed by atoms with E-state index in [-0.39, 0.29) is 12.5 Å². The summed E-state index contributed by atoms with van der Waals surface area (Å²) in [5, 5.41) is 6.47. The molecule has 0 fully saturated rings. The van der Waals surface area contributed by atoms with Gasteiger partial charge in [0.25, 0.3) is 0 Å². The maximum absolute atomic E-state index is 12.6. The summed E-state index contributed by atoms with van der Waals surface area (Å²) < 4.78 is 0. The maximum Gasteiger partial charge on any atom is 0.246 e. The average molecular weight is 330 g/mol. The second-order valence-electron chi connectivity index (χ2n) is 6.27. The van der Waals surface area contributed by atoms with Crippen molar-refractivity contribution in [1.29, 1.82) is 0 Å². The summed E-state index contributed by atoms with van der Waals surface area (Å²) in [6, 6.07) is 8.17. The second-order valence-corrected chi connectivity index (χ2v) is 6.27. The summed E-state index contributed by atoms with van der Waals surface area (Å²) in [4.78, 5) is 18.7. The maximum atomic E-state index is 12.6. The monoisotopic (exact) mass is 330 g/mol. The van der Waals surface area contributed by atoms with Crippen LogP contribution in [-0.4, -0.2) is 38.5 Å². The van der Waals surface area contributed by atoms with E-state index in [9.17, 15) is 4.79 Å². The molecule has 24 heavy (non-hydrogen) atoms. The number of aliphatic imine (C=N–C) groups is 1. The van der Waals surface area contributed by atoms with Crippen molar-refractivity contribution in [3.05, 3.63) is 29.8 Å². The van der Waals surface area contributed by atoms with E-state index in [4.69, 9.17) is 0 Å². The Kier molecular flexibility index (Phi) is 7.09. The molecular weight excluding hydrogens is 300 g/mol. The Morgan fingerprint density at radius 1 is 1.25 bits per heavy atom. The fourth-order valence-corrected chi connectivity index (χ4v) is 3.09. The number of fused-ring (bicyclic) bond motifs is 1. The minimum absolute atomic E-state index is 0.0904. The zero-order valence-electron chi connectivity index (χ0n) is 15.1. The molecule has 5 heteroatoms. The van der Waals surface area contributed by atoms with E-state index in [1.165, 1.54) is 5.56 Å². The van der Waals surface area contributed by atoms with Gasteiger partial charge in [-0.2, -0.15) is 0 Å². The number of nitrogens with zero attached hydrogens (tertiary/aromatic N) is 2. The molecule has 5 nitrogen and oxygen atoms in total. The molecule has 1 aliphatic rings. The van der Waals surface area contributed by atoms with E-state index in [1.807, 2.05) is 23.1 Å². The number of hydrogen-bond donors (Lipinski definition) is 2. The molecule has 2 N–H and O–H groups in total. The summed E-state index contributed by atoms with van der Waals surface area (Å²) in [6.07, 6.45) is 4.35. The van der Waals surface area contributed by atoms with Gasteiger partial charge in [0.1, 0.15) is 0 Å². The van der Waals surface area contributed by atoms with E-state index >= 15 is 0 Å². The van der Waals surface area contributed by atoms with Gasteiger partial charge in [0, 0.05) is 25.8 Å². The largest absolute Gasteiger partial charge is 0.356 e. The Labute approximate surface area is 145 Å². The molecule has 0 saturated carbocycles. The van der Waals surface area contributed by atoms with Gasteiger partial charge >= 0.3 is 0 Å². The molecule has 1 aromatic rings. The number of carbonyl (C=O) groups is 1. The van der Waals surface area contributed by atoms with Crippen molar-refractivity contribution in [3.8, 4) is 0 Å². The fourth-order valence-electron chi connectivity index (χ4n) is 3.09. The predicted molar refractivity (Wildman–Crippen MR) is 101 cm³/mol. The summed E-state index contributed by atoms with van der Waals surface area (Å²) in [7, 11) is 1.74. The number of aryl methyl sites for hydroxylation is 1. The number of amides is 1. The fraction of sp³-hybridized carbons (Fsp3) is 0.579. The summed E-state index contributed by atoms with van der Waals surface area (Å²) in [5.74, 6) is 1.42. The van der Waals surface area contributed by atoms with Crippen LogP contribution in [0.25, 0.3) is 0 Å². The Morgan fingerprint density at radius 3 is 2.71 bits per heavy atom. The molecule has 1 amide bonds. The quantitative estimate of drug-likeness (QED) is 0.622. The molecule has 0 radical (unpaired) electrons. The van der Waals surface area contributed by atoms with Gasteiger partial charge in [0.05, 0.1) is 6.54 Å². The first-order chi connectivity index (χ1) is 11.7. The molecule has 0 aliphatic carbocycles. The smallest absolute Gasteiger partial charge is 0.246 e. The predicted octanol–water partition coefficient (Wildman–Crippen LogP) is 2.57. The molecule has 132 valence electrons. The van der Waals surface area contributed by atoms with Crippen LogP contribution in [0.2, 0.25) is 0 Å². The molecule has 2 rings (SSSR count). The first-order valence-corrected chi connectivity index (χ1v) is 9.02. The topological polar surface area (TPSA) is 56.7 Å². The number of para-hydroxylation sites is 1. The highest BCUT2D eigenvalue weighted by Gasteiger charge is 2.21. The number of rotatable bonds is 6. The number of hydrogen-bond acceptors (Lipinski definition) is 2. The van der Waals surface area contributed by atoms with E-state index < -0.39 is 0 Å². The van der Waals surface area contributed by atoms with Crippen molar-refractivity contribution in [2.24, 2.45) is 10.9 Å². The van der Waals surface area contributed by atoms with Gasteiger partial charge in [-0.1, -0.05) is 44.9 Å². The molecule has 0 spiro atoms. The third-order valence-electron chi connectivity index (χ3n) is 4.75. The van der Waals surface area contributed by atoms with Crippen LogP contribution in [0.5, 0.6) is 0 Å².